The lowest BCUT2D eigenvalue weighted by molar-refractivity contribution is -0.137. The molecule has 34 heavy (non-hydrogen) atoms. The van der Waals surface area contributed by atoms with Crippen LogP contribution in [0, 0.1) is 13.8 Å². The highest BCUT2D eigenvalue weighted by molar-refractivity contribution is 5.95. The number of halogens is 3. The first kappa shape index (κ1) is 25.7. The van der Waals surface area contributed by atoms with Gasteiger partial charge < -0.3 is 10.6 Å². The standard InChI is InChI=1S/C25H31F3N4O2/c1-18-5-3-6-19(2)24(18)30-22(33)15-29-23(34)17-32-12-4-11-31(13-14-32)16-20-7-9-21(10-8-20)25(26,27)28/h3,5-10H,4,11-17H2,1-2H3,(H,29,34)(H,30,33). The van der Waals surface area contributed by atoms with Crippen molar-refractivity contribution in [2.24, 2.45) is 0 Å². The van der Waals surface area contributed by atoms with Crippen molar-refractivity contribution in [1.29, 1.82) is 0 Å². The van der Waals surface area contributed by atoms with Crippen LogP contribution in [-0.2, 0) is 22.3 Å². The number of amides is 2. The van der Waals surface area contributed by atoms with Gasteiger partial charge in [-0.1, -0.05) is 30.3 Å². The summed E-state index contributed by atoms with van der Waals surface area (Å²) in [6.45, 7) is 7.43. The highest BCUT2D eigenvalue weighted by Crippen LogP contribution is 2.29. The van der Waals surface area contributed by atoms with E-state index in [0.717, 1.165) is 54.0 Å². The van der Waals surface area contributed by atoms with Crippen molar-refractivity contribution in [3.63, 3.8) is 0 Å². The Bertz CT molecular complexity index is 972. The van der Waals surface area contributed by atoms with Crippen LogP contribution in [0.1, 0.15) is 28.7 Å². The van der Waals surface area contributed by atoms with E-state index in [2.05, 4.69) is 15.5 Å². The van der Waals surface area contributed by atoms with E-state index in [1.165, 1.54) is 12.1 Å². The summed E-state index contributed by atoms with van der Waals surface area (Å²) in [6.07, 6.45) is -3.48. The van der Waals surface area contributed by atoms with Gasteiger partial charge in [0.15, 0.2) is 0 Å². The Labute approximate surface area is 198 Å². The van der Waals surface area contributed by atoms with Gasteiger partial charge in [-0.25, -0.2) is 0 Å². The number of benzene rings is 2. The molecule has 0 spiro atoms. The third-order valence-electron chi connectivity index (χ3n) is 5.93. The first-order valence-electron chi connectivity index (χ1n) is 11.4. The van der Waals surface area contributed by atoms with E-state index in [1.54, 1.807) is 0 Å². The lowest BCUT2D eigenvalue weighted by Crippen LogP contribution is -2.41. The maximum absolute atomic E-state index is 12.7. The number of carbonyl (C=O) groups is 2. The molecule has 2 aromatic rings. The summed E-state index contributed by atoms with van der Waals surface area (Å²) >= 11 is 0. The van der Waals surface area contributed by atoms with Gasteiger partial charge in [0.25, 0.3) is 0 Å². The number of hydrogen-bond donors (Lipinski definition) is 2. The smallest absolute Gasteiger partial charge is 0.346 e. The highest BCUT2D eigenvalue weighted by atomic mass is 19.4. The molecule has 0 atom stereocenters. The van der Waals surface area contributed by atoms with Gasteiger partial charge in [0, 0.05) is 25.3 Å². The molecule has 3 rings (SSSR count). The van der Waals surface area contributed by atoms with Crippen LogP contribution < -0.4 is 10.6 Å². The van der Waals surface area contributed by atoms with Gasteiger partial charge in [-0.2, -0.15) is 13.2 Å². The van der Waals surface area contributed by atoms with E-state index in [-0.39, 0.29) is 24.9 Å². The number of nitrogens with zero attached hydrogens (tertiary/aromatic N) is 2. The Morgan fingerprint density at radius 1 is 0.882 bits per heavy atom. The molecule has 1 aliphatic heterocycles. The van der Waals surface area contributed by atoms with E-state index in [4.69, 9.17) is 0 Å². The van der Waals surface area contributed by atoms with Crippen LogP contribution in [0.4, 0.5) is 18.9 Å². The van der Waals surface area contributed by atoms with Crippen LogP contribution in [0.3, 0.4) is 0 Å². The number of anilines is 1. The maximum Gasteiger partial charge on any atom is 0.416 e. The molecule has 1 heterocycles. The number of hydrogen-bond acceptors (Lipinski definition) is 4. The lowest BCUT2D eigenvalue weighted by Gasteiger charge is -2.21. The molecule has 0 aliphatic carbocycles. The quantitative estimate of drug-likeness (QED) is 0.641. The fraction of sp³-hybridized carbons (Fsp3) is 0.440. The van der Waals surface area contributed by atoms with Crippen molar-refractivity contribution in [1.82, 2.24) is 15.1 Å². The van der Waals surface area contributed by atoms with Crippen LogP contribution in [0.2, 0.25) is 0 Å². The van der Waals surface area contributed by atoms with Crippen LogP contribution in [0.25, 0.3) is 0 Å². The van der Waals surface area contributed by atoms with Crippen LogP contribution in [0.5, 0.6) is 0 Å². The van der Waals surface area contributed by atoms with Crippen molar-refractivity contribution in [2.75, 3.05) is 44.6 Å². The number of nitrogens with one attached hydrogen (secondary N) is 2. The Morgan fingerprint density at radius 2 is 1.50 bits per heavy atom. The fourth-order valence-electron chi connectivity index (χ4n) is 4.03. The Balaban J connectivity index is 1.41. The molecule has 1 aliphatic rings. The van der Waals surface area contributed by atoms with Crippen molar-refractivity contribution in [2.45, 2.75) is 33.0 Å². The largest absolute Gasteiger partial charge is 0.416 e. The topological polar surface area (TPSA) is 64.7 Å². The van der Waals surface area contributed by atoms with Crippen molar-refractivity contribution in [3.8, 4) is 0 Å². The van der Waals surface area contributed by atoms with Gasteiger partial charge in [0.05, 0.1) is 18.7 Å². The van der Waals surface area contributed by atoms with Crippen LogP contribution in [-0.4, -0.2) is 60.9 Å². The first-order chi connectivity index (χ1) is 16.1. The van der Waals surface area contributed by atoms with E-state index >= 15 is 0 Å². The lowest BCUT2D eigenvalue weighted by atomic mass is 10.1. The molecule has 2 aromatic carbocycles. The summed E-state index contributed by atoms with van der Waals surface area (Å²) in [4.78, 5) is 28.8. The molecule has 0 aromatic heterocycles. The maximum atomic E-state index is 12.7. The molecule has 0 bridgehead atoms. The Morgan fingerprint density at radius 3 is 2.15 bits per heavy atom. The second kappa shape index (κ2) is 11.5. The van der Waals surface area contributed by atoms with Crippen molar-refractivity contribution < 1.29 is 22.8 Å². The molecule has 0 saturated carbocycles. The van der Waals surface area contributed by atoms with E-state index in [9.17, 15) is 22.8 Å². The fourth-order valence-corrected chi connectivity index (χ4v) is 4.03. The Kier molecular flexibility index (Phi) is 8.68. The van der Waals surface area contributed by atoms with Crippen LogP contribution >= 0.6 is 0 Å². The second-order valence-electron chi connectivity index (χ2n) is 8.69. The normalized spacial score (nSPS) is 15.6. The molecule has 6 nitrogen and oxygen atoms in total. The minimum atomic E-state index is -4.33. The van der Waals surface area contributed by atoms with Gasteiger partial charge in [0.2, 0.25) is 11.8 Å². The number of aryl methyl sites for hydroxylation is 2. The number of para-hydroxylation sites is 1. The molecule has 0 radical (unpaired) electrons. The minimum absolute atomic E-state index is 0.0967. The van der Waals surface area contributed by atoms with E-state index < -0.39 is 11.7 Å². The highest BCUT2D eigenvalue weighted by Gasteiger charge is 2.30. The first-order valence-corrected chi connectivity index (χ1v) is 11.4. The number of alkyl halides is 3. The SMILES string of the molecule is Cc1cccc(C)c1NC(=O)CNC(=O)CN1CCCN(Cc2ccc(C(F)(F)F)cc2)CC1. The molecule has 2 N–H and O–H groups in total. The van der Waals surface area contributed by atoms with Crippen molar-refractivity contribution in [3.05, 3.63) is 64.7 Å². The predicted octanol–water partition coefficient (Wildman–Crippen LogP) is 3.58. The van der Waals surface area contributed by atoms with E-state index in [1.807, 2.05) is 36.9 Å². The van der Waals surface area contributed by atoms with Gasteiger partial charge in [0.1, 0.15) is 0 Å². The second-order valence-corrected chi connectivity index (χ2v) is 8.69. The molecule has 184 valence electrons. The number of rotatable bonds is 7. The molecule has 1 fully saturated rings. The predicted molar refractivity (Wildman–Crippen MR) is 125 cm³/mol. The molecular formula is C25H31F3N4O2. The number of carbonyl (C=O) groups excluding carboxylic acids is 2. The Hall–Kier alpha value is -2.91. The zero-order valence-corrected chi connectivity index (χ0v) is 19.5. The van der Waals surface area contributed by atoms with E-state index in [0.29, 0.717) is 19.6 Å². The van der Waals surface area contributed by atoms with Gasteiger partial charge >= 0.3 is 6.18 Å². The summed E-state index contributed by atoms with van der Waals surface area (Å²) < 4.78 is 38.2. The molecular weight excluding hydrogens is 445 g/mol. The monoisotopic (exact) mass is 476 g/mol. The van der Waals surface area contributed by atoms with Gasteiger partial charge in [-0.3, -0.25) is 19.4 Å². The molecule has 1 saturated heterocycles. The van der Waals surface area contributed by atoms with Gasteiger partial charge in [-0.05, 0) is 62.2 Å². The average Bonchev–Trinajstić information content (AvgIpc) is 3.00. The van der Waals surface area contributed by atoms with Crippen LogP contribution in [0.15, 0.2) is 42.5 Å². The molecule has 9 heteroatoms. The molecule has 0 unspecified atom stereocenters. The summed E-state index contributed by atoms with van der Waals surface area (Å²) in [5, 5.41) is 5.53. The molecule has 2 amide bonds. The average molecular weight is 477 g/mol. The van der Waals surface area contributed by atoms with Crippen molar-refractivity contribution >= 4 is 17.5 Å². The van der Waals surface area contributed by atoms with Gasteiger partial charge in [-0.15, -0.1) is 0 Å². The minimum Gasteiger partial charge on any atom is -0.346 e. The summed E-state index contributed by atoms with van der Waals surface area (Å²) in [5.74, 6) is -0.489. The summed E-state index contributed by atoms with van der Waals surface area (Å²) in [5.41, 5.74) is 2.87. The third kappa shape index (κ3) is 7.56. The zero-order valence-electron chi connectivity index (χ0n) is 19.5. The summed E-state index contributed by atoms with van der Waals surface area (Å²) in [7, 11) is 0. The zero-order chi connectivity index (χ0) is 24.7. The summed E-state index contributed by atoms with van der Waals surface area (Å²) in [6, 6.07) is 11.0. The third-order valence-corrected chi connectivity index (χ3v) is 5.93.